The monoisotopic (exact) mass is 250 g/mol. The lowest BCUT2D eigenvalue weighted by Gasteiger charge is -2.30. The van der Waals surface area contributed by atoms with Crippen molar-refractivity contribution in [1.82, 2.24) is 9.97 Å². The predicted molar refractivity (Wildman–Crippen MR) is 78.3 cm³/mol. The standard InChI is InChI=1S/C14H26N4/c1-7-12-13(15-8-2)16-9-17-14(12)18(6)11(5)10(3)4/h9-11H,7-8H2,1-6H3,(H,15,16,17). The number of hydrogen-bond donors (Lipinski definition) is 1. The second kappa shape index (κ2) is 6.57. The Morgan fingerprint density at radius 1 is 1.22 bits per heavy atom. The van der Waals surface area contributed by atoms with Gasteiger partial charge in [0.2, 0.25) is 0 Å². The fraction of sp³-hybridized carbons (Fsp3) is 0.714. The van der Waals surface area contributed by atoms with Gasteiger partial charge in [-0.1, -0.05) is 20.8 Å². The van der Waals surface area contributed by atoms with E-state index >= 15 is 0 Å². The van der Waals surface area contributed by atoms with Gasteiger partial charge in [-0.05, 0) is 26.2 Å². The molecular weight excluding hydrogens is 224 g/mol. The quantitative estimate of drug-likeness (QED) is 0.843. The Labute approximate surface area is 111 Å². The minimum absolute atomic E-state index is 0.458. The highest BCUT2D eigenvalue weighted by Gasteiger charge is 2.19. The van der Waals surface area contributed by atoms with Crippen molar-refractivity contribution < 1.29 is 0 Å². The maximum atomic E-state index is 4.47. The first-order chi connectivity index (χ1) is 8.52. The van der Waals surface area contributed by atoms with E-state index in [1.807, 2.05) is 0 Å². The molecule has 1 heterocycles. The molecule has 18 heavy (non-hydrogen) atoms. The zero-order chi connectivity index (χ0) is 13.7. The molecule has 0 radical (unpaired) electrons. The van der Waals surface area contributed by atoms with E-state index in [0.717, 1.165) is 24.6 Å². The zero-order valence-electron chi connectivity index (χ0n) is 12.5. The maximum Gasteiger partial charge on any atom is 0.137 e. The lowest BCUT2D eigenvalue weighted by molar-refractivity contribution is 0.501. The molecular formula is C14H26N4. The summed E-state index contributed by atoms with van der Waals surface area (Å²) in [4.78, 5) is 11.1. The molecule has 0 fully saturated rings. The average Bonchev–Trinajstić information content (AvgIpc) is 2.37. The van der Waals surface area contributed by atoms with E-state index in [4.69, 9.17) is 0 Å². The minimum atomic E-state index is 0.458. The van der Waals surface area contributed by atoms with E-state index in [9.17, 15) is 0 Å². The van der Waals surface area contributed by atoms with Crippen LogP contribution in [-0.2, 0) is 6.42 Å². The third-order valence-electron chi connectivity index (χ3n) is 3.53. The van der Waals surface area contributed by atoms with Crippen molar-refractivity contribution in [2.24, 2.45) is 5.92 Å². The normalized spacial score (nSPS) is 12.6. The van der Waals surface area contributed by atoms with Gasteiger partial charge in [-0.25, -0.2) is 9.97 Å². The van der Waals surface area contributed by atoms with Gasteiger partial charge in [0.1, 0.15) is 18.0 Å². The summed E-state index contributed by atoms with van der Waals surface area (Å²) in [5.41, 5.74) is 1.20. The van der Waals surface area contributed by atoms with Crippen LogP contribution in [0.5, 0.6) is 0 Å². The van der Waals surface area contributed by atoms with E-state index in [2.05, 4.69) is 61.9 Å². The summed E-state index contributed by atoms with van der Waals surface area (Å²) in [5.74, 6) is 2.61. The Balaban J connectivity index is 3.11. The molecule has 0 bridgehead atoms. The molecule has 1 unspecified atom stereocenters. The SMILES string of the molecule is CCNc1ncnc(N(C)C(C)C(C)C)c1CC. The minimum Gasteiger partial charge on any atom is -0.370 e. The molecule has 0 amide bonds. The van der Waals surface area contributed by atoms with Crippen molar-refractivity contribution in [2.75, 3.05) is 23.8 Å². The molecule has 0 spiro atoms. The summed E-state index contributed by atoms with van der Waals surface area (Å²) >= 11 is 0. The largest absolute Gasteiger partial charge is 0.370 e. The third kappa shape index (κ3) is 3.12. The predicted octanol–water partition coefficient (Wildman–Crippen LogP) is 2.95. The first-order valence-electron chi connectivity index (χ1n) is 6.83. The highest BCUT2D eigenvalue weighted by molar-refractivity contribution is 5.58. The smallest absolute Gasteiger partial charge is 0.137 e. The van der Waals surface area contributed by atoms with Crippen LogP contribution in [0.4, 0.5) is 11.6 Å². The summed E-state index contributed by atoms with van der Waals surface area (Å²) in [7, 11) is 2.11. The molecule has 0 saturated carbocycles. The lowest BCUT2D eigenvalue weighted by atomic mass is 10.0. The van der Waals surface area contributed by atoms with Crippen molar-refractivity contribution in [3.63, 3.8) is 0 Å². The highest BCUT2D eigenvalue weighted by atomic mass is 15.2. The van der Waals surface area contributed by atoms with Crippen LogP contribution in [0.2, 0.25) is 0 Å². The molecule has 1 N–H and O–H groups in total. The van der Waals surface area contributed by atoms with Crippen LogP contribution in [0, 0.1) is 5.92 Å². The van der Waals surface area contributed by atoms with Crippen LogP contribution in [0.3, 0.4) is 0 Å². The van der Waals surface area contributed by atoms with Gasteiger partial charge in [0.25, 0.3) is 0 Å². The summed E-state index contributed by atoms with van der Waals surface area (Å²) in [6.07, 6.45) is 2.59. The van der Waals surface area contributed by atoms with Gasteiger partial charge < -0.3 is 10.2 Å². The zero-order valence-corrected chi connectivity index (χ0v) is 12.5. The first-order valence-corrected chi connectivity index (χ1v) is 6.83. The number of anilines is 2. The van der Waals surface area contributed by atoms with E-state index < -0.39 is 0 Å². The fourth-order valence-electron chi connectivity index (χ4n) is 1.99. The Morgan fingerprint density at radius 3 is 2.39 bits per heavy atom. The Hall–Kier alpha value is -1.32. The third-order valence-corrected chi connectivity index (χ3v) is 3.53. The van der Waals surface area contributed by atoms with E-state index in [1.54, 1.807) is 6.33 Å². The van der Waals surface area contributed by atoms with Crippen molar-refractivity contribution in [1.29, 1.82) is 0 Å². The average molecular weight is 250 g/mol. The molecule has 102 valence electrons. The molecule has 0 aliphatic rings. The Kier molecular flexibility index (Phi) is 5.38. The molecule has 1 aromatic rings. The molecule has 0 aliphatic heterocycles. The van der Waals surface area contributed by atoms with Gasteiger partial charge in [0, 0.05) is 25.2 Å². The Morgan fingerprint density at radius 2 is 1.89 bits per heavy atom. The molecule has 1 aromatic heterocycles. The molecule has 1 rings (SSSR count). The van der Waals surface area contributed by atoms with Gasteiger partial charge in [0.05, 0.1) is 0 Å². The fourth-order valence-corrected chi connectivity index (χ4v) is 1.99. The number of nitrogens with one attached hydrogen (secondary N) is 1. The van der Waals surface area contributed by atoms with E-state index in [1.165, 1.54) is 5.56 Å². The van der Waals surface area contributed by atoms with Crippen molar-refractivity contribution in [3.05, 3.63) is 11.9 Å². The molecule has 0 aromatic carbocycles. The van der Waals surface area contributed by atoms with Gasteiger partial charge >= 0.3 is 0 Å². The number of hydrogen-bond acceptors (Lipinski definition) is 4. The lowest BCUT2D eigenvalue weighted by Crippen LogP contribution is -2.34. The van der Waals surface area contributed by atoms with Crippen molar-refractivity contribution in [2.45, 2.75) is 47.1 Å². The van der Waals surface area contributed by atoms with Crippen LogP contribution in [0.1, 0.15) is 40.2 Å². The number of aromatic nitrogens is 2. The molecule has 1 atom stereocenters. The van der Waals surface area contributed by atoms with Crippen LogP contribution >= 0.6 is 0 Å². The van der Waals surface area contributed by atoms with Crippen molar-refractivity contribution >= 4 is 11.6 Å². The van der Waals surface area contributed by atoms with Crippen molar-refractivity contribution in [3.8, 4) is 0 Å². The number of nitrogens with zero attached hydrogens (tertiary/aromatic N) is 3. The summed E-state index contributed by atoms with van der Waals surface area (Å²) < 4.78 is 0. The molecule has 0 aliphatic carbocycles. The van der Waals surface area contributed by atoms with Crippen LogP contribution in [0.15, 0.2) is 6.33 Å². The highest BCUT2D eigenvalue weighted by Crippen LogP contribution is 2.25. The summed E-state index contributed by atoms with van der Waals surface area (Å²) in [6, 6.07) is 0.458. The van der Waals surface area contributed by atoms with Crippen LogP contribution < -0.4 is 10.2 Å². The van der Waals surface area contributed by atoms with Gasteiger partial charge in [-0.3, -0.25) is 0 Å². The molecule has 0 saturated heterocycles. The van der Waals surface area contributed by atoms with Crippen LogP contribution in [0.25, 0.3) is 0 Å². The van der Waals surface area contributed by atoms with Gasteiger partial charge in [0.15, 0.2) is 0 Å². The maximum absolute atomic E-state index is 4.47. The van der Waals surface area contributed by atoms with E-state index in [0.29, 0.717) is 12.0 Å². The molecule has 4 heteroatoms. The topological polar surface area (TPSA) is 41.1 Å². The van der Waals surface area contributed by atoms with Gasteiger partial charge in [-0.2, -0.15) is 0 Å². The summed E-state index contributed by atoms with van der Waals surface area (Å²) in [6.45, 7) is 11.8. The molecule has 4 nitrogen and oxygen atoms in total. The summed E-state index contributed by atoms with van der Waals surface area (Å²) in [5, 5.41) is 3.31. The van der Waals surface area contributed by atoms with Gasteiger partial charge in [-0.15, -0.1) is 0 Å². The second-order valence-electron chi connectivity index (χ2n) is 5.00. The number of rotatable bonds is 6. The van der Waals surface area contributed by atoms with E-state index in [-0.39, 0.29) is 0 Å². The first kappa shape index (κ1) is 14.7. The Bertz CT molecular complexity index is 376. The second-order valence-corrected chi connectivity index (χ2v) is 5.00. The van der Waals surface area contributed by atoms with Crippen LogP contribution in [-0.4, -0.2) is 29.6 Å².